The van der Waals surface area contributed by atoms with Crippen LogP contribution in [0.5, 0.6) is 0 Å². The zero-order chi connectivity index (χ0) is 15.7. The summed E-state index contributed by atoms with van der Waals surface area (Å²) in [4.78, 5) is 4.78. The Morgan fingerprint density at radius 1 is 1.14 bits per heavy atom. The van der Waals surface area contributed by atoms with Gasteiger partial charge < -0.3 is 4.40 Å². The van der Waals surface area contributed by atoms with Crippen LogP contribution in [-0.2, 0) is 12.3 Å². The second kappa shape index (κ2) is 6.13. The maximum absolute atomic E-state index is 6.16. The summed E-state index contributed by atoms with van der Waals surface area (Å²) in [5.74, 6) is 1.04. The van der Waals surface area contributed by atoms with Gasteiger partial charge in [-0.25, -0.2) is 4.98 Å². The number of benzene rings is 1. The number of imidazole rings is 1. The fraction of sp³-hybridized carbons (Fsp3) is 0.316. The molecule has 0 aliphatic rings. The van der Waals surface area contributed by atoms with Gasteiger partial charge in [-0.15, -0.1) is 11.6 Å². The number of pyridine rings is 1. The topological polar surface area (TPSA) is 17.3 Å². The second-order valence-electron chi connectivity index (χ2n) is 6.14. The molecule has 2 heterocycles. The van der Waals surface area contributed by atoms with Crippen molar-refractivity contribution in [3.8, 4) is 0 Å². The van der Waals surface area contributed by atoms with E-state index in [4.69, 9.17) is 16.6 Å². The third-order valence-electron chi connectivity index (χ3n) is 4.11. The Bertz CT molecular complexity index is 785. The minimum atomic E-state index is 0.476. The molecule has 3 aromatic rings. The Hall–Kier alpha value is -1.80. The van der Waals surface area contributed by atoms with Gasteiger partial charge in [0.2, 0.25) is 0 Å². The van der Waals surface area contributed by atoms with Crippen molar-refractivity contribution in [3.05, 3.63) is 70.7 Å². The lowest BCUT2D eigenvalue weighted by Crippen LogP contribution is -1.96. The summed E-state index contributed by atoms with van der Waals surface area (Å²) in [6, 6.07) is 13.0. The Balaban J connectivity index is 1.96. The Labute approximate surface area is 136 Å². The first kappa shape index (κ1) is 15.1. The SMILES string of the molecule is Cc1ccn2c(CCl)c(Cc3ccc(C(C)C)cc3)nc2c1. The third kappa shape index (κ3) is 2.89. The number of rotatable bonds is 4. The second-order valence-corrected chi connectivity index (χ2v) is 6.41. The molecule has 1 aromatic carbocycles. The molecule has 2 aromatic heterocycles. The predicted octanol–water partition coefficient (Wildman–Crippen LogP) is 5.10. The molecule has 0 aliphatic carbocycles. The van der Waals surface area contributed by atoms with E-state index in [0.29, 0.717) is 11.8 Å². The van der Waals surface area contributed by atoms with Crippen LogP contribution in [-0.4, -0.2) is 9.38 Å². The van der Waals surface area contributed by atoms with Crippen LogP contribution in [0, 0.1) is 6.92 Å². The van der Waals surface area contributed by atoms with Gasteiger partial charge in [0.1, 0.15) is 5.65 Å². The summed E-state index contributed by atoms with van der Waals surface area (Å²) < 4.78 is 2.10. The smallest absolute Gasteiger partial charge is 0.137 e. The molecule has 0 saturated carbocycles. The van der Waals surface area contributed by atoms with Crippen LogP contribution in [0.3, 0.4) is 0 Å². The molecule has 0 atom stereocenters. The molecule has 0 radical (unpaired) electrons. The molecule has 114 valence electrons. The molecule has 0 N–H and O–H groups in total. The van der Waals surface area contributed by atoms with E-state index in [0.717, 1.165) is 23.5 Å². The number of nitrogens with zero attached hydrogens (tertiary/aromatic N) is 2. The van der Waals surface area contributed by atoms with Crippen LogP contribution in [0.15, 0.2) is 42.6 Å². The van der Waals surface area contributed by atoms with Crippen LogP contribution in [0.4, 0.5) is 0 Å². The highest BCUT2D eigenvalue weighted by Gasteiger charge is 2.12. The molecule has 22 heavy (non-hydrogen) atoms. The van der Waals surface area contributed by atoms with E-state index < -0.39 is 0 Å². The van der Waals surface area contributed by atoms with Crippen molar-refractivity contribution in [2.45, 2.75) is 39.0 Å². The van der Waals surface area contributed by atoms with Gasteiger partial charge in [0.05, 0.1) is 17.3 Å². The van der Waals surface area contributed by atoms with Crippen molar-refractivity contribution in [1.82, 2.24) is 9.38 Å². The molecule has 0 spiro atoms. The van der Waals surface area contributed by atoms with Crippen molar-refractivity contribution in [2.24, 2.45) is 0 Å². The normalized spacial score (nSPS) is 11.5. The lowest BCUT2D eigenvalue weighted by molar-refractivity contribution is 0.865. The lowest BCUT2D eigenvalue weighted by atomic mass is 10.00. The largest absolute Gasteiger partial charge is 0.303 e. The highest BCUT2D eigenvalue weighted by Crippen LogP contribution is 2.21. The van der Waals surface area contributed by atoms with Crippen LogP contribution in [0.25, 0.3) is 5.65 Å². The van der Waals surface area contributed by atoms with Gasteiger partial charge >= 0.3 is 0 Å². The molecule has 0 unspecified atom stereocenters. The first-order chi connectivity index (χ1) is 10.6. The number of aromatic nitrogens is 2. The van der Waals surface area contributed by atoms with Crippen molar-refractivity contribution in [3.63, 3.8) is 0 Å². The quantitative estimate of drug-likeness (QED) is 0.613. The summed E-state index contributed by atoms with van der Waals surface area (Å²) in [5.41, 5.74) is 6.99. The lowest BCUT2D eigenvalue weighted by Gasteiger charge is -2.07. The Morgan fingerprint density at radius 2 is 1.86 bits per heavy atom. The maximum atomic E-state index is 6.16. The number of hydrogen-bond acceptors (Lipinski definition) is 1. The minimum absolute atomic E-state index is 0.476. The molecule has 0 fully saturated rings. The van der Waals surface area contributed by atoms with Gasteiger partial charge in [-0.1, -0.05) is 38.1 Å². The summed E-state index contributed by atoms with van der Waals surface area (Å²) in [7, 11) is 0. The molecule has 3 rings (SSSR count). The fourth-order valence-corrected chi connectivity index (χ4v) is 3.03. The molecule has 2 nitrogen and oxygen atoms in total. The summed E-state index contributed by atoms with van der Waals surface area (Å²) in [6.07, 6.45) is 2.88. The van der Waals surface area contributed by atoms with E-state index in [9.17, 15) is 0 Å². The van der Waals surface area contributed by atoms with E-state index in [1.165, 1.54) is 16.7 Å². The van der Waals surface area contributed by atoms with E-state index in [1.807, 2.05) is 0 Å². The van der Waals surface area contributed by atoms with E-state index in [1.54, 1.807) is 0 Å². The maximum Gasteiger partial charge on any atom is 0.137 e. The molecule has 3 heteroatoms. The Kier molecular flexibility index (Phi) is 4.21. The molecule has 0 aliphatic heterocycles. The number of aryl methyl sites for hydroxylation is 1. The zero-order valence-corrected chi connectivity index (χ0v) is 14.1. The van der Waals surface area contributed by atoms with E-state index in [2.05, 4.69) is 67.8 Å². The zero-order valence-electron chi connectivity index (χ0n) is 13.3. The average Bonchev–Trinajstić information content (AvgIpc) is 2.83. The van der Waals surface area contributed by atoms with Crippen LogP contribution in [0.1, 0.15) is 47.8 Å². The molecule has 0 amide bonds. The number of hydrogen-bond donors (Lipinski definition) is 0. The summed E-state index contributed by atoms with van der Waals surface area (Å²) in [5, 5.41) is 0. The monoisotopic (exact) mass is 312 g/mol. The highest BCUT2D eigenvalue weighted by molar-refractivity contribution is 6.17. The number of alkyl halides is 1. The van der Waals surface area contributed by atoms with Gasteiger partial charge in [0.25, 0.3) is 0 Å². The van der Waals surface area contributed by atoms with Crippen molar-refractivity contribution >= 4 is 17.2 Å². The van der Waals surface area contributed by atoms with Crippen LogP contribution >= 0.6 is 11.6 Å². The minimum Gasteiger partial charge on any atom is -0.303 e. The average molecular weight is 313 g/mol. The summed E-state index contributed by atoms with van der Waals surface area (Å²) >= 11 is 6.16. The van der Waals surface area contributed by atoms with Crippen LogP contribution < -0.4 is 0 Å². The van der Waals surface area contributed by atoms with E-state index in [-0.39, 0.29) is 0 Å². The van der Waals surface area contributed by atoms with Crippen molar-refractivity contribution in [2.75, 3.05) is 0 Å². The van der Waals surface area contributed by atoms with Gasteiger partial charge in [0, 0.05) is 12.6 Å². The molecule has 0 bridgehead atoms. The Morgan fingerprint density at radius 3 is 2.50 bits per heavy atom. The van der Waals surface area contributed by atoms with Gasteiger partial charge in [-0.05, 0) is 41.7 Å². The number of halogens is 1. The third-order valence-corrected chi connectivity index (χ3v) is 4.36. The van der Waals surface area contributed by atoms with Crippen molar-refractivity contribution < 1.29 is 0 Å². The first-order valence-electron chi connectivity index (χ1n) is 7.69. The number of fused-ring (bicyclic) bond motifs is 1. The summed E-state index contributed by atoms with van der Waals surface area (Å²) in [6.45, 7) is 6.51. The van der Waals surface area contributed by atoms with Gasteiger partial charge in [0.15, 0.2) is 0 Å². The first-order valence-corrected chi connectivity index (χ1v) is 8.23. The predicted molar refractivity (Wildman–Crippen MR) is 92.8 cm³/mol. The molecular formula is C19H21ClN2. The van der Waals surface area contributed by atoms with Crippen LogP contribution in [0.2, 0.25) is 0 Å². The van der Waals surface area contributed by atoms with Crippen molar-refractivity contribution in [1.29, 1.82) is 0 Å². The standard InChI is InChI=1S/C19H21ClN2/c1-13(2)16-6-4-15(5-7-16)11-17-18(12-20)22-9-8-14(3)10-19(22)21-17/h4-10,13H,11-12H2,1-3H3. The van der Waals surface area contributed by atoms with Gasteiger partial charge in [-0.3, -0.25) is 0 Å². The fourth-order valence-electron chi connectivity index (χ4n) is 2.74. The highest BCUT2D eigenvalue weighted by atomic mass is 35.5. The van der Waals surface area contributed by atoms with E-state index >= 15 is 0 Å². The van der Waals surface area contributed by atoms with Gasteiger partial charge in [-0.2, -0.15) is 0 Å². The molecule has 0 saturated heterocycles. The molecular weight excluding hydrogens is 292 g/mol.